The van der Waals surface area contributed by atoms with Crippen molar-refractivity contribution in [2.24, 2.45) is 0 Å². The second-order valence-electron chi connectivity index (χ2n) is 5.87. The predicted molar refractivity (Wildman–Crippen MR) is 86.4 cm³/mol. The molecule has 1 fully saturated rings. The zero-order chi connectivity index (χ0) is 18.0. The fourth-order valence-corrected chi connectivity index (χ4v) is 2.92. The van der Waals surface area contributed by atoms with Gasteiger partial charge in [0.2, 0.25) is 5.91 Å². The second kappa shape index (κ2) is 6.98. The van der Waals surface area contributed by atoms with E-state index in [9.17, 15) is 23.8 Å². The minimum atomic E-state index is -0.813. The van der Waals surface area contributed by atoms with Crippen LogP contribution in [-0.4, -0.2) is 38.7 Å². The van der Waals surface area contributed by atoms with Gasteiger partial charge < -0.3 is 15.1 Å². The van der Waals surface area contributed by atoms with E-state index in [0.29, 0.717) is 5.56 Å². The number of benzene rings is 1. The van der Waals surface area contributed by atoms with Gasteiger partial charge in [-0.25, -0.2) is 8.78 Å². The number of halogens is 2. The summed E-state index contributed by atoms with van der Waals surface area (Å²) in [6.45, 7) is 0.0298. The van der Waals surface area contributed by atoms with Crippen LogP contribution in [0.15, 0.2) is 42.7 Å². The molecular formula is C18H16F2N2O3. The zero-order valence-electron chi connectivity index (χ0n) is 13.1. The van der Waals surface area contributed by atoms with E-state index in [-0.39, 0.29) is 24.3 Å². The van der Waals surface area contributed by atoms with Crippen molar-refractivity contribution in [2.75, 3.05) is 6.54 Å². The minimum absolute atomic E-state index is 0.0298. The highest BCUT2D eigenvalue weighted by Gasteiger charge is 2.36. The Morgan fingerprint density at radius 2 is 2.08 bits per heavy atom. The molecule has 1 aliphatic rings. The Hall–Kier alpha value is -2.80. The van der Waals surface area contributed by atoms with E-state index in [4.69, 9.17) is 0 Å². The van der Waals surface area contributed by atoms with Crippen LogP contribution in [0.4, 0.5) is 8.78 Å². The van der Waals surface area contributed by atoms with E-state index in [1.54, 1.807) is 0 Å². The van der Waals surface area contributed by atoms with Gasteiger partial charge in [0.1, 0.15) is 17.4 Å². The number of aliphatic hydroxyl groups excluding tert-OH is 1. The number of carbonyl (C=O) groups is 1. The Balaban J connectivity index is 1.84. The summed E-state index contributed by atoms with van der Waals surface area (Å²) >= 11 is 0. The quantitative estimate of drug-likeness (QED) is 0.837. The SMILES string of the molecule is O=C(/C=C/c1cncc(O)c1)N1CC(O)CC1c1cc(F)ccc1F. The van der Waals surface area contributed by atoms with Crippen molar-refractivity contribution in [3.8, 4) is 5.75 Å². The normalized spacial score (nSPS) is 20.4. The summed E-state index contributed by atoms with van der Waals surface area (Å²) in [6.07, 6.45) is 4.75. The van der Waals surface area contributed by atoms with Crippen LogP contribution < -0.4 is 0 Å². The molecule has 1 saturated heterocycles. The number of pyridine rings is 1. The number of hydrogen-bond acceptors (Lipinski definition) is 4. The van der Waals surface area contributed by atoms with Gasteiger partial charge in [-0.1, -0.05) is 0 Å². The van der Waals surface area contributed by atoms with Crippen LogP contribution in [0.2, 0.25) is 0 Å². The summed E-state index contributed by atoms with van der Waals surface area (Å²) in [7, 11) is 0. The molecule has 1 aromatic heterocycles. The number of rotatable bonds is 3. The number of carbonyl (C=O) groups excluding carboxylic acids is 1. The smallest absolute Gasteiger partial charge is 0.247 e. The molecule has 1 amide bonds. The summed E-state index contributed by atoms with van der Waals surface area (Å²) in [5.74, 6) is -1.72. The molecule has 2 aromatic rings. The molecule has 3 rings (SSSR count). The molecule has 130 valence electrons. The topological polar surface area (TPSA) is 73.7 Å². The molecular weight excluding hydrogens is 330 g/mol. The molecule has 1 aliphatic heterocycles. The van der Waals surface area contributed by atoms with Crippen molar-refractivity contribution in [1.29, 1.82) is 0 Å². The largest absolute Gasteiger partial charge is 0.506 e. The maximum atomic E-state index is 14.0. The fraction of sp³-hybridized carbons (Fsp3) is 0.222. The van der Waals surface area contributed by atoms with Gasteiger partial charge in [0.25, 0.3) is 0 Å². The molecule has 2 unspecified atom stereocenters. The first-order chi connectivity index (χ1) is 11.9. The van der Waals surface area contributed by atoms with Crippen molar-refractivity contribution < 1.29 is 23.8 Å². The molecule has 0 bridgehead atoms. The van der Waals surface area contributed by atoms with E-state index in [2.05, 4.69) is 4.98 Å². The number of amides is 1. The second-order valence-corrected chi connectivity index (χ2v) is 5.87. The molecule has 25 heavy (non-hydrogen) atoms. The van der Waals surface area contributed by atoms with Crippen molar-refractivity contribution in [3.63, 3.8) is 0 Å². The molecule has 0 radical (unpaired) electrons. The lowest BCUT2D eigenvalue weighted by Gasteiger charge is -2.24. The lowest BCUT2D eigenvalue weighted by molar-refractivity contribution is -0.127. The first kappa shape index (κ1) is 17.0. The molecule has 0 saturated carbocycles. The minimum Gasteiger partial charge on any atom is -0.506 e. The van der Waals surface area contributed by atoms with E-state index >= 15 is 0 Å². The molecule has 2 atom stereocenters. The van der Waals surface area contributed by atoms with Gasteiger partial charge in [0.05, 0.1) is 18.3 Å². The zero-order valence-corrected chi connectivity index (χ0v) is 13.1. The standard InChI is InChI=1S/C18H16F2N2O3/c19-12-2-3-16(20)15(6-12)17-7-14(24)10-22(17)18(25)4-1-11-5-13(23)9-21-8-11/h1-6,8-9,14,17,23-24H,7,10H2/b4-1+. The molecule has 2 N–H and O–H groups in total. The van der Waals surface area contributed by atoms with Crippen molar-refractivity contribution in [2.45, 2.75) is 18.6 Å². The molecule has 5 nitrogen and oxygen atoms in total. The molecule has 7 heteroatoms. The van der Waals surface area contributed by atoms with Crippen LogP contribution in [-0.2, 0) is 4.79 Å². The lowest BCUT2D eigenvalue weighted by Crippen LogP contribution is -2.30. The summed E-state index contributed by atoms with van der Waals surface area (Å²) in [4.78, 5) is 17.6. The summed E-state index contributed by atoms with van der Waals surface area (Å²) in [5, 5.41) is 19.3. The average molecular weight is 346 g/mol. The first-order valence-electron chi connectivity index (χ1n) is 7.70. The van der Waals surface area contributed by atoms with Gasteiger partial charge in [0, 0.05) is 24.4 Å². The number of nitrogens with zero attached hydrogens (tertiary/aromatic N) is 2. The fourth-order valence-electron chi connectivity index (χ4n) is 2.92. The highest BCUT2D eigenvalue weighted by atomic mass is 19.1. The number of hydrogen-bond donors (Lipinski definition) is 2. The van der Waals surface area contributed by atoms with Crippen molar-refractivity contribution >= 4 is 12.0 Å². The third-order valence-corrected chi connectivity index (χ3v) is 4.04. The van der Waals surface area contributed by atoms with Gasteiger partial charge in [-0.05, 0) is 42.3 Å². The third kappa shape index (κ3) is 3.83. The number of likely N-dealkylation sites (tertiary alicyclic amines) is 1. The molecule has 0 aliphatic carbocycles. The molecule has 2 heterocycles. The lowest BCUT2D eigenvalue weighted by atomic mass is 10.0. The number of β-amino-alcohol motifs (C(OH)–C–C–N with tert-alkyl or cyclic N) is 1. The number of aromatic nitrogens is 1. The van der Waals surface area contributed by atoms with E-state index in [1.165, 1.54) is 35.5 Å². The highest BCUT2D eigenvalue weighted by Crippen LogP contribution is 2.34. The maximum Gasteiger partial charge on any atom is 0.247 e. The van der Waals surface area contributed by atoms with Gasteiger partial charge in [-0.15, -0.1) is 0 Å². The van der Waals surface area contributed by atoms with Gasteiger partial charge in [-0.3, -0.25) is 9.78 Å². The van der Waals surface area contributed by atoms with E-state index < -0.39 is 29.7 Å². The summed E-state index contributed by atoms with van der Waals surface area (Å²) in [6, 6.07) is 3.74. The van der Waals surface area contributed by atoms with Gasteiger partial charge in [-0.2, -0.15) is 0 Å². The van der Waals surface area contributed by atoms with Gasteiger partial charge >= 0.3 is 0 Å². The van der Waals surface area contributed by atoms with Crippen LogP contribution in [0.1, 0.15) is 23.6 Å². The predicted octanol–water partition coefficient (Wildman–Crippen LogP) is 2.41. The number of aliphatic hydroxyl groups is 1. The van der Waals surface area contributed by atoms with Crippen molar-refractivity contribution in [3.05, 3.63) is 65.5 Å². The van der Waals surface area contributed by atoms with Crippen LogP contribution in [0.5, 0.6) is 5.75 Å². The highest BCUT2D eigenvalue weighted by molar-refractivity contribution is 5.92. The van der Waals surface area contributed by atoms with E-state index in [0.717, 1.165) is 18.2 Å². The first-order valence-corrected chi connectivity index (χ1v) is 7.70. The summed E-state index contributed by atoms with van der Waals surface area (Å²) in [5.41, 5.74) is 0.555. The Kier molecular flexibility index (Phi) is 4.76. The Bertz CT molecular complexity index is 826. The Morgan fingerprint density at radius 1 is 1.28 bits per heavy atom. The van der Waals surface area contributed by atoms with Crippen LogP contribution >= 0.6 is 0 Å². The average Bonchev–Trinajstić information content (AvgIpc) is 2.96. The van der Waals surface area contributed by atoms with Gasteiger partial charge in [0.15, 0.2) is 0 Å². The molecule has 0 spiro atoms. The monoisotopic (exact) mass is 346 g/mol. The summed E-state index contributed by atoms with van der Waals surface area (Å²) < 4.78 is 27.5. The van der Waals surface area contributed by atoms with Crippen LogP contribution in [0.25, 0.3) is 6.08 Å². The third-order valence-electron chi connectivity index (χ3n) is 4.04. The Labute approximate surface area is 142 Å². The molecule has 1 aromatic carbocycles. The maximum absolute atomic E-state index is 14.0. The van der Waals surface area contributed by atoms with E-state index in [1.807, 2.05) is 0 Å². The Morgan fingerprint density at radius 3 is 2.84 bits per heavy atom. The van der Waals surface area contributed by atoms with Crippen LogP contribution in [0.3, 0.4) is 0 Å². The van der Waals surface area contributed by atoms with Crippen LogP contribution in [0, 0.1) is 11.6 Å². The number of aromatic hydroxyl groups is 1. The van der Waals surface area contributed by atoms with Crippen molar-refractivity contribution in [1.82, 2.24) is 9.88 Å².